The second-order valence-electron chi connectivity index (χ2n) is 5.64. The van der Waals surface area contributed by atoms with E-state index in [1.54, 1.807) is 7.11 Å². The van der Waals surface area contributed by atoms with Crippen molar-refractivity contribution in [3.8, 4) is 0 Å². The van der Waals surface area contributed by atoms with Gasteiger partial charge in [-0.25, -0.2) is 0 Å². The molecule has 1 saturated carbocycles. The quantitative estimate of drug-likeness (QED) is 0.771. The summed E-state index contributed by atoms with van der Waals surface area (Å²) in [5.41, 5.74) is 1.82. The van der Waals surface area contributed by atoms with E-state index in [0.717, 1.165) is 24.6 Å². The lowest BCUT2D eigenvalue weighted by molar-refractivity contribution is 0.170. The lowest BCUT2D eigenvalue weighted by Crippen LogP contribution is -2.28. The fraction of sp³-hybridized carbons (Fsp3) is 0.625. The zero-order valence-electron chi connectivity index (χ0n) is 11.9. The van der Waals surface area contributed by atoms with Crippen LogP contribution in [0.3, 0.4) is 0 Å². The van der Waals surface area contributed by atoms with Gasteiger partial charge in [-0.2, -0.15) is 0 Å². The first-order chi connectivity index (χ1) is 9.19. The minimum Gasteiger partial charge on any atom is -0.385 e. The highest BCUT2D eigenvalue weighted by Gasteiger charge is 2.41. The van der Waals surface area contributed by atoms with E-state index in [-0.39, 0.29) is 0 Å². The summed E-state index contributed by atoms with van der Waals surface area (Å²) in [5.74, 6) is 0. The first kappa shape index (κ1) is 14.8. The van der Waals surface area contributed by atoms with Crippen LogP contribution in [0.25, 0.3) is 0 Å². The van der Waals surface area contributed by atoms with Crippen molar-refractivity contribution in [2.75, 3.05) is 20.3 Å². The Morgan fingerprint density at radius 3 is 2.53 bits per heavy atom. The molecule has 0 spiro atoms. The summed E-state index contributed by atoms with van der Waals surface area (Å²) in [7, 11) is 1.78. The van der Waals surface area contributed by atoms with Gasteiger partial charge in [0.05, 0.1) is 0 Å². The number of nitrogens with one attached hydrogen (secondary N) is 1. The molecule has 1 aromatic rings. The maximum absolute atomic E-state index is 5.94. The van der Waals surface area contributed by atoms with Crippen LogP contribution >= 0.6 is 11.6 Å². The van der Waals surface area contributed by atoms with Gasteiger partial charge in [-0.3, -0.25) is 0 Å². The first-order valence-corrected chi connectivity index (χ1v) is 7.55. The average Bonchev–Trinajstić information content (AvgIpc) is 3.20. The Bertz CT molecular complexity index is 386. The van der Waals surface area contributed by atoms with Gasteiger partial charge in [-0.1, -0.05) is 30.7 Å². The maximum atomic E-state index is 5.94. The van der Waals surface area contributed by atoms with E-state index in [0.29, 0.717) is 11.5 Å². The largest absolute Gasteiger partial charge is 0.385 e. The third-order valence-electron chi connectivity index (χ3n) is 4.20. The third-order valence-corrected chi connectivity index (χ3v) is 4.45. The van der Waals surface area contributed by atoms with Gasteiger partial charge in [-0.05, 0) is 48.8 Å². The molecule has 2 rings (SSSR count). The fourth-order valence-corrected chi connectivity index (χ4v) is 2.67. The van der Waals surface area contributed by atoms with Gasteiger partial charge in [0.1, 0.15) is 0 Å². The first-order valence-electron chi connectivity index (χ1n) is 7.17. The topological polar surface area (TPSA) is 21.3 Å². The molecule has 1 aromatic carbocycles. The summed E-state index contributed by atoms with van der Waals surface area (Å²) < 4.78 is 5.21. The van der Waals surface area contributed by atoms with E-state index < -0.39 is 0 Å². The van der Waals surface area contributed by atoms with Crippen LogP contribution in [-0.2, 0) is 4.74 Å². The minimum absolute atomic E-state index is 0.428. The number of halogens is 1. The molecule has 3 heteroatoms. The molecule has 1 aliphatic carbocycles. The molecule has 2 nitrogen and oxygen atoms in total. The molecule has 0 amide bonds. The van der Waals surface area contributed by atoms with Crippen molar-refractivity contribution in [3.63, 3.8) is 0 Å². The monoisotopic (exact) mass is 281 g/mol. The van der Waals surface area contributed by atoms with Crippen LogP contribution in [0.5, 0.6) is 0 Å². The molecular formula is C16H24ClNO. The molecule has 1 N–H and O–H groups in total. The molecule has 1 fully saturated rings. The molecule has 1 unspecified atom stereocenters. The number of hydrogen-bond donors (Lipinski definition) is 1. The summed E-state index contributed by atoms with van der Waals surface area (Å²) in [4.78, 5) is 0. The Morgan fingerprint density at radius 2 is 2.00 bits per heavy atom. The molecule has 19 heavy (non-hydrogen) atoms. The van der Waals surface area contributed by atoms with Crippen LogP contribution in [-0.4, -0.2) is 20.3 Å². The third kappa shape index (κ3) is 4.20. The maximum Gasteiger partial charge on any atom is 0.0468 e. The summed E-state index contributed by atoms with van der Waals surface area (Å²) in [6.45, 7) is 4.19. The van der Waals surface area contributed by atoms with Crippen LogP contribution in [0.1, 0.15) is 44.2 Å². The van der Waals surface area contributed by atoms with Crippen LogP contribution < -0.4 is 5.32 Å². The average molecular weight is 282 g/mol. The Labute approximate surface area is 121 Å². The predicted molar refractivity (Wildman–Crippen MR) is 80.6 cm³/mol. The number of ether oxygens (including phenoxy) is 1. The molecule has 0 heterocycles. The molecule has 0 bridgehead atoms. The van der Waals surface area contributed by atoms with E-state index in [2.05, 4.69) is 24.4 Å². The van der Waals surface area contributed by atoms with Gasteiger partial charge < -0.3 is 10.1 Å². The lowest BCUT2D eigenvalue weighted by atomic mass is 10.00. The van der Waals surface area contributed by atoms with E-state index in [4.69, 9.17) is 16.3 Å². The van der Waals surface area contributed by atoms with Crippen molar-refractivity contribution in [1.82, 2.24) is 5.32 Å². The highest BCUT2D eigenvalue weighted by atomic mass is 35.5. The molecule has 1 atom stereocenters. The van der Waals surface area contributed by atoms with Gasteiger partial charge in [0.2, 0.25) is 0 Å². The van der Waals surface area contributed by atoms with Crippen LogP contribution in [0, 0.1) is 5.41 Å². The van der Waals surface area contributed by atoms with Crippen molar-refractivity contribution in [1.29, 1.82) is 0 Å². The van der Waals surface area contributed by atoms with E-state index in [1.807, 2.05) is 12.1 Å². The molecule has 1 aliphatic rings. The molecule has 0 saturated heterocycles. The Balaban J connectivity index is 1.87. The summed E-state index contributed by atoms with van der Waals surface area (Å²) in [6.07, 6.45) is 4.94. The lowest BCUT2D eigenvalue weighted by Gasteiger charge is -2.22. The minimum atomic E-state index is 0.428. The highest BCUT2D eigenvalue weighted by Crippen LogP contribution is 2.48. The van der Waals surface area contributed by atoms with Crippen molar-refractivity contribution < 1.29 is 4.74 Å². The number of hydrogen-bond acceptors (Lipinski definition) is 2. The second kappa shape index (κ2) is 6.74. The number of methoxy groups -OCH3 is 1. The fourth-order valence-electron chi connectivity index (χ4n) is 2.54. The highest BCUT2D eigenvalue weighted by molar-refractivity contribution is 6.30. The molecule has 0 radical (unpaired) electrons. The normalized spacial score (nSPS) is 18.3. The van der Waals surface area contributed by atoms with Gasteiger partial charge in [0.25, 0.3) is 0 Å². The summed E-state index contributed by atoms with van der Waals surface area (Å²) in [6, 6.07) is 8.62. The Kier molecular flexibility index (Phi) is 5.26. The standard InChI is InChI=1S/C16H24ClNO/c1-3-15(13-4-6-14(17)7-5-13)18-12-16(8-9-16)10-11-19-2/h4-7,15,18H,3,8-12H2,1-2H3. The molecule has 0 aliphatic heterocycles. The van der Waals surface area contributed by atoms with Gasteiger partial charge in [-0.15, -0.1) is 0 Å². The zero-order chi connectivity index (χ0) is 13.7. The van der Waals surface area contributed by atoms with Gasteiger partial charge >= 0.3 is 0 Å². The van der Waals surface area contributed by atoms with Crippen LogP contribution in [0.4, 0.5) is 0 Å². The smallest absolute Gasteiger partial charge is 0.0468 e. The van der Waals surface area contributed by atoms with Gasteiger partial charge in [0.15, 0.2) is 0 Å². The Hall–Kier alpha value is -0.570. The van der Waals surface area contributed by atoms with Crippen molar-refractivity contribution in [2.45, 2.75) is 38.6 Å². The molecular weight excluding hydrogens is 258 g/mol. The molecule has 106 valence electrons. The van der Waals surface area contributed by atoms with Crippen molar-refractivity contribution in [2.24, 2.45) is 5.41 Å². The number of rotatable bonds is 8. The van der Waals surface area contributed by atoms with Gasteiger partial charge in [0, 0.05) is 31.3 Å². The summed E-state index contributed by atoms with van der Waals surface area (Å²) >= 11 is 5.94. The van der Waals surface area contributed by atoms with E-state index in [9.17, 15) is 0 Å². The van der Waals surface area contributed by atoms with Crippen LogP contribution in [0.2, 0.25) is 5.02 Å². The number of benzene rings is 1. The van der Waals surface area contributed by atoms with Crippen LogP contribution in [0.15, 0.2) is 24.3 Å². The van der Waals surface area contributed by atoms with Crippen molar-refractivity contribution >= 4 is 11.6 Å². The second-order valence-corrected chi connectivity index (χ2v) is 6.07. The van der Waals surface area contributed by atoms with Crippen molar-refractivity contribution in [3.05, 3.63) is 34.9 Å². The van der Waals surface area contributed by atoms with E-state index in [1.165, 1.54) is 24.8 Å². The predicted octanol–water partition coefficient (Wildman–Crippen LogP) is 4.20. The Morgan fingerprint density at radius 1 is 1.32 bits per heavy atom. The summed E-state index contributed by atoms with van der Waals surface area (Å²) in [5, 5.41) is 4.52. The zero-order valence-corrected chi connectivity index (χ0v) is 12.7. The van der Waals surface area contributed by atoms with E-state index >= 15 is 0 Å². The molecule has 0 aromatic heterocycles. The SMILES string of the molecule is CCC(NCC1(CCOC)CC1)c1ccc(Cl)cc1.